The smallest absolute Gasteiger partial charge is 0.119 e. The Kier molecular flexibility index (Phi) is 4.03. The minimum Gasteiger partial charge on any atom is -0.492 e. The predicted octanol–water partition coefficient (Wildman–Crippen LogP) is 3.39. The number of rotatable bonds is 6. The standard InChI is InChI=1S/C18H21NO/c19-18(16-8-9-16)13-20-17-10-6-15(7-11-17)12-14-4-2-1-3-5-14/h1-7,10-11,16,18H,8-9,12-13,19H2. The second-order valence-electron chi connectivity index (χ2n) is 5.62. The number of nitrogens with two attached hydrogens (primary N) is 1. The summed E-state index contributed by atoms with van der Waals surface area (Å²) < 4.78 is 5.75. The van der Waals surface area contributed by atoms with Gasteiger partial charge in [-0.3, -0.25) is 0 Å². The highest BCUT2D eigenvalue weighted by Gasteiger charge is 2.28. The van der Waals surface area contributed by atoms with Crippen molar-refractivity contribution >= 4 is 0 Å². The van der Waals surface area contributed by atoms with Crippen LogP contribution in [0.15, 0.2) is 54.6 Å². The molecule has 2 aromatic carbocycles. The average molecular weight is 267 g/mol. The minimum atomic E-state index is 0.194. The SMILES string of the molecule is NC(COc1ccc(Cc2ccccc2)cc1)C1CC1. The molecule has 1 atom stereocenters. The maximum absolute atomic E-state index is 6.03. The third kappa shape index (κ3) is 3.61. The van der Waals surface area contributed by atoms with E-state index in [1.807, 2.05) is 18.2 Å². The average Bonchev–Trinajstić information content (AvgIpc) is 3.32. The van der Waals surface area contributed by atoms with Crippen LogP contribution < -0.4 is 10.5 Å². The van der Waals surface area contributed by atoms with Crippen LogP contribution in [0.3, 0.4) is 0 Å². The molecule has 1 unspecified atom stereocenters. The van der Waals surface area contributed by atoms with Gasteiger partial charge in [0.15, 0.2) is 0 Å². The monoisotopic (exact) mass is 267 g/mol. The largest absolute Gasteiger partial charge is 0.492 e. The fraction of sp³-hybridized carbons (Fsp3) is 0.333. The van der Waals surface area contributed by atoms with E-state index in [9.17, 15) is 0 Å². The number of hydrogen-bond acceptors (Lipinski definition) is 2. The van der Waals surface area contributed by atoms with Gasteiger partial charge in [-0.15, -0.1) is 0 Å². The maximum Gasteiger partial charge on any atom is 0.119 e. The summed E-state index contributed by atoms with van der Waals surface area (Å²) in [6, 6.07) is 19.0. The summed E-state index contributed by atoms with van der Waals surface area (Å²) in [4.78, 5) is 0. The Labute approximate surface area is 120 Å². The molecule has 0 aromatic heterocycles. The Balaban J connectivity index is 1.54. The Bertz CT molecular complexity index is 531. The van der Waals surface area contributed by atoms with E-state index >= 15 is 0 Å². The summed E-state index contributed by atoms with van der Waals surface area (Å²) in [5.41, 5.74) is 8.67. The highest BCUT2D eigenvalue weighted by atomic mass is 16.5. The lowest BCUT2D eigenvalue weighted by atomic mass is 10.1. The van der Waals surface area contributed by atoms with Gasteiger partial charge in [0.25, 0.3) is 0 Å². The molecule has 20 heavy (non-hydrogen) atoms. The van der Waals surface area contributed by atoms with Crippen LogP contribution in [0.2, 0.25) is 0 Å². The minimum absolute atomic E-state index is 0.194. The zero-order valence-corrected chi connectivity index (χ0v) is 11.7. The van der Waals surface area contributed by atoms with Crippen molar-refractivity contribution in [2.24, 2.45) is 11.7 Å². The summed E-state index contributed by atoms with van der Waals surface area (Å²) in [6.45, 7) is 0.628. The molecule has 1 aliphatic carbocycles. The van der Waals surface area contributed by atoms with Gasteiger partial charge < -0.3 is 10.5 Å². The Morgan fingerprint density at radius 3 is 2.25 bits per heavy atom. The first-order valence-electron chi connectivity index (χ1n) is 7.32. The number of hydrogen-bond donors (Lipinski definition) is 1. The van der Waals surface area contributed by atoms with E-state index < -0.39 is 0 Å². The third-order valence-electron chi connectivity index (χ3n) is 3.84. The third-order valence-corrected chi connectivity index (χ3v) is 3.84. The van der Waals surface area contributed by atoms with Crippen molar-refractivity contribution in [3.63, 3.8) is 0 Å². The van der Waals surface area contributed by atoms with Crippen molar-refractivity contribution in [3.8, 4) is 5.75 Å². The maximum atomic E-state index is 6.03. The second-order valence-corrected chi connectivity index (χ2v) is 5.62. The lowest BCUT2D eigenvalue weighted by Gasteiger charge is -2.12. The van der Waals surface area contributed by atoms with Crippen LogP contribution in [-0.2, 0) is 6.42 Å². The van der Waals surface area contributed by atoms with Gasteiger partial charge in [0, 0.05) is 6.04 Å². The molecular weight excluding hydrogens is 246 g/mol. The molecular formula is C18H21NO. The van der Waals surface area contributed by atoms with E-state index in [1.165, 1.54) is 24.0 Å². The van der Waals surface area contributed by atoms with Crippen LogP contribution in [0.4, 0.5) is 0 Å². The summed E-state index contributed by atoms with van der Waals surface area (Å²) in [6.07, 6.45) is 3.49. The fourth-order valence-corrected chi connectivity index (χ4v) is 2.39. The molecule has 3 rings (SSSR count). The molecule has 2 nitrogen and oxygen atoms in total. The summed E-state index contributed by atoms with van der Waals surface area (Å²) >= 11 is 0. The van der Waals surface area contributed by atoms with E-state index in [1.54, 1.807) is 0 Å². The molecule has 1 aliphatic rings. The highest BCUT2D eigenvalue weighted by molar-refractivity contribution is 5.31. The van der Waals surface area contributed by atoms with Crippen LogP contribution in [0.25, 0.3) is 0 Å². The van der Waals surface area contributed by atoms with Crippen LogP contribution >= 0.6 is 0 Å². The zero-order chi connectivity index (χ0) is 13.8. The first kappa shape index (κ1) is 13.2. The van der Waals surface area contributed by atoms with E-state index in [0.717, 1.165) is 12.2 Å². The molecule has 2 N–H and O–H groups in total. The Hall–Kier alpha value is -1.80. The summed E-state index contributed by atoms with van der Waals surface area (Å²) in [5, 5.41) is 0. The molecule has 0 saturated heterocycles. The van der Waals surface area contributed by atoms with Gasteiger partial charge in [-0.25, -0.2) is 0 Å². The Morgan fingerprint density at radius 2 is 1.60 bits per heavy atom. The molecule has 1 fully saturated rings. The lowest BCUT2D eigenvalue weighted by molar-refractivity contribution is 0.276. The van der Waals surface area contributed by atoms with Gasteiger partial charge in [0.1, 0.15) is 12.4 Å². The van der Waals surface area contributed by atoms with Crippen molar-refractivity contribution in [3.05, 3.63) is 65.7 Å². The molecule has 0 aliphatic heterocycles. The van der Waals surface area contributed by atoms with Crippen LogP contribution in [0.5, 0.6) is 5.75 Å². The molecule has 0 spiro atoms. The van der Waals surface area contributed by atoms with Crippen LogP contribution in [0, 0.1) is 5.92 Å². The van der Waals surface area contributed by atoms with Gasteiger partial charge in [-0.05, 0) is 48.4 Å². The van der Waals surface area contributed by atoms with Crippen molar-refractivity contribution in [1.82, 2.24) is 0 Å². The Morgan fingerprint density at radius 1 is 0.950 bits per heavy atom. The second kappa shape index (κ2) is 6.10. The van der Waals surface area contributed by atoms with Crippen molar-refractivity contribution < 1.29 is 4.74 Å². The van der Waals surface area contributed by atoms with Gasteiger partial charge in [-0.2, -0.15) is 0 Å². The molecule has 104 valence electrons. The van der Waals surface area contributed by atoms with Gasteiger partial charge in [0.2, 0.25) is 0 Å². The van der Waals surface area contributed by atoms with Crippen LogP contribution in [-0.4, -0.2) is 12.6 Å². The fourth-order valence-electron chi connectivity index (χ4n) is 2.39. The zero-order valence-electron chi connectivity index (χ0n) is 11.7. The molecule has 1 saturated carbocycles. The van der Waals surface area contributed by atoms with Gasteiger partial charge in [-0.1, -0.05) is 42.5 Å². The summed E-state index contributed by atoms with van der Waals surface area (Å²) in [7, 11) is 0. The summed E-state index contributed by atoms with van der Waals surface area (Å²) in [5.74, 6) is 1.60. The van der Waals surface area contributed by atoms with Crippen molar-refractivity contribution in [2.75, 3.05) is 6.61 Å². The van der Waals surface area contributed by atoms with Gasteiger partial charge >= 0.3 is 0 Å². The highest BCUT2D eigenvalue weighted by Crippen LogP contribution is 2.31. The lowest BCUT2D eigenvalue weighted by Crippen LogP contribution is -2.29. The molecule has 0 bridgehead atoms. The molecule has 0 amide bonds. The van der Waals surface area contributed by atoms with E-state index in [-0.39, 0.29) is 6.04 Å². The normalized spacial score (nSPS) is 15.8. The topological polar surface area (TPSA) is 35.2 Å². The number of ether oxygens (including phenoxy) is 1. The molecule has 2 aromatic rings. The van der Waals surface area contributed by atoms with Gasteiger partial charge in [0.05, 0.1) is 0 Å². The van der Waals surface area contributed by atoms with Crippen molar-refractivity contribution in [2.45, 2.75) is 25.3 Å². The van der Waals surface area contributed by atoms with E-state index in [2.05, 4.69) is 36.4 Å². The predicted molar refractivity (Wildman–Crippen MR) is 81.9 cm³/mol. The van der Waals surface area contributed by atoms with E-state index in [0.29, 0.717) is 12.5 Å². The molecule has 0 heterocycles. The quantitative estimate of drug-likeness (QED) is 0.870. The first-order valence-corrected chi connectivity index (χ1v) is 7.32. The first-order chi connectivity index (χ1) is 9.81. The van der Waals surface area contributed by atoms with Crippen LogP contribution in [0.1, 0.15) is 24.0 Å². The number of benzene rings is 2. The van der Waals surface area contributed by atoms with Crippen molar-refractivity contribution in [1.29, 1.82) is 0 Å². The molecule has 0 radical (unpaired) electrons. The molecule has 2 heteroatoms. The van der Waals surface area contributed by atoms with E-state index in [4.69, 9.17) is 10.5 Å².